The molecule has 0 aliphatic carbocycles. The van der Waals surface area contributed by atoms with Crippen LogP contribution in [0.1, 0.15) is 31.1 Å². The van der Waals surface area contributed by atoms with E-state index < -0.39 is 20.1 Å². The SMILES string of the molecule is COC(=O)c1cc(Br)c(O[Si](C)(C)C(C)(C)C)cc1F. The molecule has 0 aliphatic rings. The van der Waals surface area contributed by atoms with E-state index in [0.717, 1.165) is 0 Å². The summed E-state index contributed by atoms with van der Waals surface area (Å²) in [5.41, 5.74) is -0.109. The number of ether oxygens (including phenoxy) is 1. The summed E-state index contributed by atoms with van der Waals surface area (Å²) in [5.74, 6) is -0.933. The van der Waals surface area contributed by atoms with E-state index in [1.54, 1.807) is 0 Å². The van der Waals surface area contributed by atoms with Crippen LogP contribution in [0.25, 0.3) is 0 Å². The van der Waals surface area contributed by atoms with Gasteiger partial charge in [0.05, 0.1) is 17.1 Å². The number of hydrogen-bond donors (Lipinski definition) is 0. The lowest BCUT2D eigenvalue weighted by Gasteiger charge is -2.36. The predicted molar refractivity (Wildman–Crippen MR) is 83.3 cm³/mol. The Balaban J connectivity index is 3.17. The second kappa shape index (κ2) is 5.85. The van der Waals surface area contributed by atoms with Gasteiger partial charge < -0.3 is 9.16 Å². The zero-order valence-electron chi connectivity index (χ0n) is 12.6. The Morgan fingerprint density at radius 1 is 1.30 bits per heavy atom. The van der Waals surface area contributed by atoms with Crippen LogP contribution in [0.2, 0.25) is 18.1 Å². The first-order valence-corrected chi connectivity index (χ1v) is 9.96. The Morgan fingerprint density at radius 3 is 2.30 bits per heavy atom. The molecular formula is C14H20BrFO3Si. The first-order chi connectivity index (χ1) is 8.99. The van der Waals surface area contributed by atoms with Gasteiger partial charge in [-0.25, -0.2) is 9.18 Å². The van der Waals surface area contributed by atoms with Crippen molar-refractivity contribution in [3.8, 4) is 5.75 Å². The van der Waals surface area contributed by atoms with Crippen LogP contribution in [0, 0.1) is 5.82 Å². The summed E-state index contributed by atoms with van der Waals surface area (Å²) in [6.45, 7) is 10.5. The Morgan fingerprint density at radius 2 is 1.85 bits per heavy atom. The third kappa shape index (κ3) is 3.61. The van der Waals surface area contributed by atoms with Crippen molar-refractivity contribution in [2.24, 2.45) is 0 Å². The van der Waals surface area contributed by atoms with E-state index in [-0.39, 0.29) is 10.6 Å². The molecule has 0 atom stereocenters. The van der Waals surface area contributed by atoms with Gasteiger partial charge in [-0.1, -0.05) is 20.8 Å². The molecule has 0 N–H and O–H groups in total. The van der Waals surface area contributed by atoms with Gasteiger partial charge in [-0.15, -0.1) is 0 Å². The summed E-state index contributed by atoms with van der Waals surface area (Å²) in [5, 5.41) is 0.00391. The smallest absolute Gasteiger partial charge is 0.340 e. The molecule has 1 rings (SSSR count). The van der Waals surface area contributed by atoms with Crippen molar-refractivity contribution in [1.29, 1.82) is 0 Å². The van der Waals surface area contributed by atoms with Gasteiger partial charge >= 0.3 is 5.97 Å². The fourth-order valence-corrected chi connectivity index (χ4v) is 2.90. The van der Waals surface area contributed by atoms with Crippen LogP contribution in [0.4, 0.5) is 4.39 Å². The van der Waals surface area contributed by atoms with E-state index >= 15 is 0 Å². The van der Waals surface area contributed by atoms with Crippen LogP contribution in [0.3, 0.4) is 0 Å². The van der Waals surface area contributed by atoms with E-state index in [2.05, 4.69) is 54.5 Å². The molecule has 0 radical (unpaired) electrons. The molecule has 6 heteroatoms. The summed E-state index contributed by atoms with van der Waals surface area (Å²) >= 11 is 3.32. The lowest BCUT2D eigenvalue weighted by atomic mass is 10.2. The maximum atomic E-state index is 14.0. The topological polar surface area (TPSA) is 35.5 Å². The lowest BCUT2D eigenvalue weighted by molar-refractivity contribution is 0.0595. The number of carbonyl (C=O) groups is 1. The average Bonchev–Trinajstić information content (AvgIpc) is 2.30. The van der Waals surface area contributed by atoms with Crippen LogP contribution in [0.5, 0.6) is 5.75 Å². The highest BCUT2D eigenvalue weighted by Crippen LogP contribution is 2.39. The third-order valence-corrected chi connectivity index (χ3v) is 8.56. The molecule has 0 saturated carbocycles. The summed E-state index contributed by atoms with van der Waals surface area (Å²) in [6, 6.07) is 2.63. The molecule has 1 aromatic rings. The molecule has 112 valence electrons. The van der Waals surface area contributed by atoms with Crippen molar-refractivity contribution in [1.82, 2.24) is 0 Å². The van der Waals surface area contributed by atoms with Crippen LogP contribution in [0.15, 0.2) is 16.6 Å². The number of benzene rings is 1. The highest BCUT2D eigenvalue weighted by atomic mass is 79.9. The summed E-state index contributed by atoms with van der Waals surface area (Å²) in [7, 11) is -0.848. The first kappa shape index (κ1) is 17.2. The molecule has 0 aromatic heterocycles. The number of methoxy groups -OCH3 is 1. The van der Waals surface area contributed by atoms with Crippen LogP contribution in [-0.4, -0.2) is 21.4 Å². The molecule has 20 heavy (non-hydrogen) atoms. The van der Waals surface area contributed by atoms with Gasteiger partial charge in [0.1, 0.15) is 11.6 Å². The minimum absolute atomic E-state index is 0.00391. The molecule has 0 fully saturated rings. The van der Waals surface area contributed by atoms with Crippen molar-refractivity contribution in [3.63, 3.8) is 0 Å². The Bertz CT molecular complexity index is 524. The zero-order chi connectivity index (χ0) is 15.7. The number of carbonyl (C=O) groups excluding carboxylic acids is 1. The fraction of sp³-hybridized carbons (Fsp3) is 0.500. The number of rotatable bonds is 3. The number of halogens is 2. The first-order valence-electron chi connectivity index (χ1n) is 6.26. The molecular weight excluding hydrogens is 343 g/mol. The van der Waals surface area contributed by atoms with Crippen LogP contribution in [-0.2, 0) is 4.74 Å². The maximum Gasteiger partial charge on any atom is 0.340 e. The van der Waals surface area contributed by atoms with Crippen molar-refractivity contribution in [2.75, 3.05) is 7.11 Å². The van der Waals surface area contributed by atoms with Gasteiger partial charge in [-0.05, 0) is 40.1 Å². The number of esters is 1. The molecule has 0 unspecified atom stereocenters. The van der Waals surface area contributed by atoms with E-state index in [9.17, 15) is 9.18 Å². The van der Waals surface area contributed by atoms with Gasteiger partial charge in [0.25, 0.3) is 8.32 Å². The number of hydrogen-bond acceptors (Lipinski definition) is 3. The van der Waals surface area contributed by atoms with E-state index in [4.69, 9.17) is 4.43 Å². The van der Waals surface area contributed by atoms with Crippen LogP contribution < -0.4 is 4.43 Å². The summed E-state index contributed by atoms with van der Waals surface area (Å²) < 4.78 is 25.1. The third-order valence-electron chi connectivity index (χ3n) is 3.60. The molecule has 3 nitrogen and oxygen atoms in total. The molecule has 0 aliphatic heterocycles. The molecule has 0 amide bonds. The van der Waals surface area contributed by atoms with Gasteiger partial charge in [-0.2, -0.15) is 0 Å². The zero-order valence-corrected chi connectivity index (χ0v) is 15.2. The fourth-order valence-electron chi connectivity index (χ4n) is 1.30. The molecule has 1 aromatic carbocycles. The van der Waals surface area contributed by atoms with Gasteiger partial charge in [-0.3, -0.25) is 0 Å². The molecule has 0 saturated heterocycles. The summed E-state index contributed by atoms with van der Waals surface area (Å²) in [4.78, 5) is 11.4. The quantitative estimate of drug-likeness (QED) is 0.574. The standard InChI is InChI=1S/C14H20BrFO3Si/c1-14(2,3)20(5,6)19-12-8-11(16)9(7-10(12)15)13(17)18-4/h7-8H,1-6H3. The average molecular weight is 363 g/mol. The highest BCUT2D eigenvalue weighted by Gasteiger charge is 2.39. The molecule has 0 bridgehead atoms. The van der Waals surface area contributed by atoms with Crippen molar-refractivity contribution in [2.45, 2.75) is 38.9 Å². The highest BCUT2D eigenvalue weighted by molar-refractivity contribution is 9.10. The largest absolute Gasteiger partial charge is 0.543 e. The lowest BCUT2D eigenvalue weighted by Crippen LogP contribution is -2.44. The monoisotopic (exact) mass is 362 g/mol. The van der Waals surface area contributed by atoms with Gasteiger partial charge in [0.15, 0.2) is 0 Å². The Hall–Kier alpha value is -0.883. The minimum atomic E-state index is -2.07. The maximum absolute atomic E-state index is 14.0. The Kier molecular flexibility index (Phi) is 5.02. The van der Waals surface area contributed by atoms with E-state index in [1.807, 2.05) is 0 Å². The molecule has 0 heterocycles. The minimum Gasteiger partial charge on any atom is -0.543 e. The van der Waals surface area contributed by atoms with Crippen molar-refractivity contribution in [3.05, 3.63) is 28.0 Å². The van der Waals surface area contributed by atoms with E-state index in [1.165, 1.54) is 19.2 Å². The van der Waals surface area contributed by atoms with Gasteiger partial charge in [0, 0.05) is 6.07 Å². The second-order valence-electron chi connectivity index (χ2n) is 6.12. The van der Waals surface area contributed by atoms with Gasteiger partial charge in [0.2, 0.25) is 0 Å². The second-order valence-corrected chi connectivity index (χ2v) is 11.7. The van der Waals surface area contributed by atoms with E-state index in [0.29, 0.717) is 10.2 Å². The molecule has 0 spiro atoms. The normalized spacial score (nSPS) is 12.2. The predicted octanol–water partition coefficient (Wildman–Crippen LogP) is 4.76. The van der Waals surface area contributed by atoms with Crippen molar-refractivity contribution < 1.29 is 18.3 Å². The Labute approximate surface area is 128 Å². The van der Waals surface area contributed by atoms with Crippen LogP contribution >= 0.6 is 15.9 Å². The summed E-state index contributed by atoms with van der Waals surface area (Å²) in [6.07, 6.45) is 0. The van der Waals surface area contributed by atoms with Crippen molar-refractivity contribution >= 4 is 30.2 Å².